The number of nitrogens with zero attached hydrogens (tertiary/aromatic N) is 3. The molecule has 4 fully saturated rings. The van der Waals surface area contributed by atoms with Crippen molar-refractivity contribution in [2.24, 2.45) is 11.8 Å². The first-order valence-electron chi connectivity index (χ1n) is 19.9. The summed E-state index contributed by atoms with van der Waals surface area (Å²) in [5, 5.41) is 13.4. The monoisotopic (exact) mass is 789 g/mol. The van der Waals surface area contributed by atoms with E-state index >= 15 is 0 Å². The third kappa shape index (κ3) is 16.1. The van der Waals surface area contributed by atoms with Crippen LogP contribution in [0.4, 0.5) is 18.8 Å². The molecule has 318 valence electrons. The van der Waals surface area contributed by atoms with Gasteiger partial charge in [-0.25, -0.2) is 18.8 Å². The molecule has 1 aromatic carbocycles. The Kier molecular flexibility index (Phi) is 19.9. The molecule has 0 spiro atoms. The number of carbonyl (C=O) groups excluding carboxylic acids is 3. The highest BCUT2D eigenvalue weighted by molar-refractivity contribution is 5.70. The third-order valence-electron chi connectivity index (χ3n) is 10.2. The van der Waals surface area contributed by atoms with E-state index in [1.165, 1.54) is 0 Å². The average molecular weight is 789 g/mol. The van der Waals surface area contributed by atoms with Crippen LogP contribution < -0.4 is 5.32 Å². The maximum absolute atomic E-state index is 13.7. The predicted octanol–water partition coefficient (Wildman–Crippen LogP) is 8.90. The largest absolute Gasteiger partial charge is 0.445 e. The van der Waals surface area contributed by atoms with Gasteiger partial charge in [-0.05, 0) is 117 Å². The Balaban J connectivity index is 0.000000344. The van der Waals surface area contributed by atoms with Crippen molar-refractivity contribution in [2.45, 2.75) is 150 Å². The number of halogens is 1. The molecule has 4 atom stereocenters. The Hall–Kier alpha value is -3.64. The summed E-state index contributed by atoms with van der Waals surface area (Å²) in [5.74, 6) is 0.632. The van der Waals surface area contributed by atoms with Gasteiger partial charge in [0.1, 0.15) is 24.0 Å². The van der Waals surface area contributed by atoms with Gasteiger partial charge >= 0.3 is 18.3 Å². The number of rotatable bonds is 4. The SMILES string of the molecule is C.C.C1=CCC=CC1.CC(C)(C)OC(=O)N1C[C@@H](F)C[C@H]1C1CCNCC1.CC(C)(C)OC(=O)N1C[C@H](O)C[C@H]1C1CCN(C(=O)OCc2ccccc2)CC1. The van der Waals surface area contributed by atoms with E-state index in [9.17, 15) is 23.9 Å². The van der Waals surface area contributed by atoms with E-state index in [4.69, 9.17) is 14.2 Å². The zero-order valence-electron chi connectivity index (χ0n) is 33.4. The number of amides is 3. The first-order valence-corrected chi connectivity index (χ1v) is 19.9. The molecule has 6 rings (SSSR count). The summed E-state index contributed by atoms with van der Waals surface area (Å²) in [6.07, 6.45) is 13.1. The molecule has 5 aliphatic rings. The number of β-amino-alcohol motifs (C(OH)–C–C–N with tert-alkyl or cyclic N) is 1. The lowest BCUT2D eigenvalue weighted by Crippen LogP contribution is -2.47. The molecule has 0 radical (unpaired) electrons. The van der Waals surface area contributed by atoms with Crippen molar-refractivity contribution < 1.29 is 38.1 Å². The molecule has 2 N–H and O–H groups in total. The minimum Gasteiger partial charge on any atom is -0.445 e. The third-order valence-corrected chi connectivity index (χ3v) is 10.2. The summed E-state index contributed by atoms with van der Waals surface area (Å²) in [6, 6.07) is 9.57. The Morgan fingerprint density at radius 3 is 1.71 bits per heavy atom. The van der Waals surface area contributed by atoms with Crippen LogP contribution in [0.5, 0.6) is 0 Å². The van der Waals surface area contributed by atoms with Crippen molar-refractivity contribution in [3.63, 3.8) is 0 Å². The Bertz CT molecular complexity index is 1360. The van der Waals surface area contributed by atoms with Gasteiger partial charge in [0.2, 0.25) is 0 Å². The van der Waals surface area contributed by atoms with Crippen molar-refractivity contribution >= 4 is 18.3 Å². The van der Waals surface area contributed by atoms with Crippen LogP contribution in [0, 0.1) is 11.8 Å². The van der Waals surface area contributed by atoms with E-state index in [1.54, 1.807) is 14.7 Å². The fourth-order valence-electron chi connectivity index (χ4n) is 7.66. The Labute approximate surface area is 337 Å². The smallest absolute Gasteiger partial charge is 0.410 e. The van der Waals surface area contributed by atoms with Gasteiger partial charge in [-0.15, -0.1) is 0 Å². The molecule has 4 heterocycles. The van der Waals surface area contributed by atoms with Gasteiger partial charge < -0.3 is 39.3 Å². The maximum Gasteiger partial charge on any atom is 0.410 e. The number of hydrogen-bond acceptors (Lipinski definition) is 8. The number of benzene rings is 1. The lowest BCUT2D eigenvalue weighted by atomic mass is 9.88. The number of carbonyl (C=O) groups is 3. The van der Waals surface area contributed by atoms with E-state index in [2.05, 4.69) is 29.6 Å². The second kappa shape index (κ2) is 22.9. The summed E-state index contributed by atoms with van der Waals surface area (Å²) in [4.78, 5) is 42.1. The number of nitrogens with one attached hydrogen (secondary N) is 1. The van der Waals surface area contributed by atoms with E-state index in [0.717, 1.165) is 57.2 Å². The summed E-state index contributed by atoms with van der Waals surface area (Å²) < 4.78 is 30.0. The van der Waals surface area contributed by atoms with Crippen LogP contribution in [0.15, 0.2) is 54.6 Å². The second-order valence-corrected chi connectivity index (χ2v) is 17.0. The Morgan fingerprint density at radius 1 is 0.732 bits per heavy atom. The van der Waals surface area contributed by atoms with Crippen LogP contribution >= 0.6 is 0 Å². The van der Waals surface area contributed by atoms with Crippen LogP contribution in [0.1, 0.15) is 113 Å². The minimum absolute atomic E-state index is 0. The highest BCUT2D eigenvalue weighted by atomic mass is 19.1. The van der Waals surface area contributed by atoms with E-state index in [-0.39, 0.29) is 64.3 Å². The number of alkyl halides is 1. The van der Waals surface area contributed by atoms with Gasteiger partial charge in [-0.3, -0.25) is 0 Å². The van der Waals surface area contributed by atoms with Crippen molar-refractivity contribution in [1.82, 2.24) is 20.0 Å². The highest BCUT2D eigenvalue weighted by Crippen LogP contribution is 2.34. The fourth-order valence-corrected chi connectivity index (χ4v) is 7.66. The second-order valence-electron chi connectivity index (χ2n) is 17.0. The van der Waals surface area contributed by atoms with Crippen molar-refractivity contribution in [3.8, 4) is 0 Å². The fraction of sp³-hybridized carbons (Fsp3) is 0.705. The molecule has 56 heavy (non-hydrogen) atoms. The van der Waals surface area contributed by atoms with Crippen LogP contribution in [0.25, 0.3) is 0 Å². The first kappa shape index (κ1) is 48.5. The molecule has 0 saturated carbocycles. The van der Waals surface area contributed by atoms with E-state index in [0.29, 0.717) is 38.4 Å². The van der Waals surface area contributed by atoms with Crippen molar-refractivity contribution in [2.75, 3.05) is 39.3 Å². The number of hydrogen-bond donors (Lipinski definition) is 2. The molecule has 4 saturated heterocycles. The molecule has 1 aliphatic carbocycles. The Morgan fingerprint density at radius 2 is 1.21 bits per heavy atom. The molecule has 11 nitrogen and oxygen atoms in total. The first-order chi connectivity index (χ1) is 25.6. The number of ether oxygens (including phenoxy) is 3. The topological polar surface area (TPSA) is 121 Å². The van der Waals surface area contributed by atoms with Gasteiger partial charge in [0.15, 0.2) is 0 Å². The molecule has 0 unspecified atom stereocenters. The minimum atomic E-state index is -0.910. The molecular formula is C44H73FN4O7. The number of likely N-dealkylation sites (tertiary alicyclic amines) is 3. The number of aliphatic hydroxyl groups excluding tert-OH is 1. The molecule has 1 aromatic rings. The van der Waals surface area contributed by atoms with Gasteiger partial charge in [0.05, 0.1) is 19.2 Å². The highest BCUT2D eigenvalue weighted by Gasteiger charge is 2.43. The van der Waals surface area contributed by atoms with Crippen LogP contribution in [0.2, 0.25) is 0 Å². The maximum atomic E-state index is 13.7. The van der Waals surface area contributed by atoms with Crippen LogP contribution in [-0.4, -0.2) is 113 Å². The van der Waals surface area contributed by atoms with Gasteiger partial charge in [0.25, 0.3) is 0 Å². The number of aliphatic hydroxyl groups is 1. The molecule has 0 bridgehead atoms. The molecule has 0 aromatic heterocycles. The van der Waals surface area contributed by atoms with Gasteiger partial charge in [-0.2, -0.15) is 0 Å². The molecule has 3 amide bonds. The predicted molar refractivity (Wildman–Crippen MR) is 221 cm³/mol. The molecule has 4 aliphatic heterocycles. The zero-order chi connectivity index (χ0) is 39.3. The summed E-state index contributed by atoms with van der Waals surface area (Å²) in [7, 11) is 0. The van der Waals surface area contributed by atoms with E-state index < -0.39 is 23.5 Å². The lowest BCUT2D eigenvalue weighted by Gasteiger charge is -2.37. The quantitative estimate of drug-likeness (QED) is 0.229. The van der Waals surface area contributed by atoms with Gasteiger partial charge in [-0.1, -0.05) is 69.5 Å². The van der Waals surface area contributed by atoms with Crippen molar-refractivity contribution in [3.05, 3.63) is 60.2 Å². The zero-order valence-corrected chi connectivity index (χ0v) is 33.4. The lowest BCUT2D eigenvalue weighted by molar-refractivity contribution is 0.0115. The normalized spacial score (nSPS) is 24.0. The molecular weight excluding hydrogens is 716 g/mol. The summed E-state index contributed by atoms with van der Waals surface area (Å²) in [6.45, 7) is 14.9. The number of piperidine rings is 2. The van der Waals surface area contributed by atoms with Gasteiger partial charge in [0, 0.05) is 31.6 Å². The molecule has 12 heteroatoms. The van der Waals surface area contributed by atoms with E-state index in [1.807, 2.05) is 71.9 Å². The van der Waals surface area contributed by atoms with Crippen LogP contribution in [-0.2, 0) is 20.8 Å². The average Bonchev–Trinajstić information content (AvgIpc) is 3.74. The van der Waals surface area contributed by atoms with Crippen LogP contribution in [0.3, 0.4) is 0 Å². The standard InChI is InChI=1S/C22H32N2O5.C14H25FN2O2.C6H8.2CH4/c1-22(2,3)29-21(27)24-14-18(25)13-19(24)17-9-11-23(12-10-17)20(26)28-15-16-7-5-4-6-8-16;1-14(2,3)19-13(18)17-9-11(15)8-12(17)10-4-6-16-7-5-10;1-2-4-6-5-3-1;;/h4-8,17-19,25H,9-15H2,1-3H3;10-12,16H,4-9H2,1-3H3;1-2,5-6H,3-4H2;2*1H4/t18-,19+;11-,12-;;;/m10.../s1. The number of allylic oxidation sites excluding steroid dienone is 4. The summed E-state index contributed by atoms with van der Waals surface area (Å²) in [5.41, 5.74) is -0.130. The van der Waals surface area contributed by atoms with Crippen molar-refractivity contribution in [1.29, 1.82) is 0 Å². The summed E-state index contributed by atoms with van der Waals surface area (Å²) >= 11 is 0.